The number of nitrogens with zero attached hydrogens (tertiary/aromatic N) is 1. The van der Waals surface area contributed by atoms with Crippen LogP contribution in [-0.2, 0) is 4.79 Å². The summed E-state index contributed by atoms with van der Waals surface area (Å²) in [6.45, 7) is 3.98. The molecule has 0 saturated carbocycles. The molecular formula is C14H18N2O2. The van der Waals surface area contributed by atoms with Crippen LogP contribution in [0.5, 0.6) is 5.75 Å². The summed E-state index contributed by atoms with van der Waals surface area (Å²) in [4.78, 5) is 14.4. The molecule has 1 aromatic rings. The minimum atomic E-state index is -0.154. The normalized spacial score (nSPS) is 30.1. The number of ether oxygens (including phenoxy) is 1. The van der Waals surface area contributed by atoms with Crippen LogP contribution in [0.1, 0.15) is 18.4 Å². The fraction of sp³-hybridized carbons (Fsp3) is 0.500. The van der Waals surface area contributed by atoms with Gasteiger partial charge in [0.1, 0.15) is 18.3 Å². The Labute approximate surface area is 107 Å². The van der Waals surface area contributed by atoms with Gasteiger partial charge < -0.3 is 15.4 Å². The number of hydrogen-bond acceptors (Lipinski definition) is 3. The smallest absolute Gasteiger partial charge is 0.233 e. The van der Waals surface area contributed by atoms with E-state index in [2.05, 4.69) is 6.92 Å². The van der Waals surface area contributed by atoms with Crippen molar-refractivity contribution in [2.75, 3.05) is 19.7 Å². The quantitative estimate of drug-likeness (QED) is 0.803. The van der Waals surface area contributed by atoms with Gasteiger partial charge in [0.05, 0.1) is 0 Å². The lowest BCUT2D eigenvalue weighted by molar-refractivity contribution is -0.132. The topological polar surface area (TPSA) is 55.6 Å². The van der Waals surface area contributed by atoms with E-state index in [1.54, 1.807) is 0 Å². The summed E-state index contributed by atoms with van der Waals surface area (Å²) < 4.78 is 5.57. The zero-order chi connectivity index (χ0) is 12.7. The highest BCUT2D eigenvalue weighted by Gasteiger charge is 2.37. The lowest BCUT2D eigenvalue weighted by atomic mass is 10.00. The van der Waals surface area contributed by atoms with Gasteiger partial charge in [-0.05, 0) is 12.0 Å². The number of amides is 1. The van der Waals surface area contributed by atoms with E-state index in [0.29, 0.717) is 19.1 Å². The highest BCUT2D eigenvalue weighted by molar-refractivity contribution is 5.85. The number of likely N-dealkylation sites (tertiary alicyclic amines) is 1. The van der Waals surface area contributed by atoms with Gasteiger partial charge >= 0.3 is 0 Å². The molecule has 4 heteroatoms. The molecule has 96 valence electrons. The van der Waals surface area contributed by atoms with Crippen LogP contribution in [0.4, 0.5) is 0 Å². The maximum absolute atomic E-state index is 12.5. The van der Waals surface area contributed by atoms with Crippen LogP contribution in [0.15, 0.2) is 24.3 Å². The first-order chi connectivity index (χ1) is 8.66. The Morgan fingerprint density at radius 3 is 2.89 bits per heavy atom. The predicted molar refractivity (Wildman–Crippen MR) is 68.4 cm³/mol. The molecule has 0 spiro atoms. The number of carbonyl (C=O) groups excluding carboxylic acids is 1. The number of para-hydroxylation sites is 1. The van der Waals surface area contributed by atoms with Crippen molar-refractivity contribution in [3.63, 3.8) is 0 Å². The third-order valence-electron chi connectivity index (χ3n) is 3.98. The minimum Gasteiger partial charge on any atom is -0.492 e. The third-order valence-corrected chi connectivity index (χ3v) is 3.98. The summed E-state index contributed by atoms with van der Waals surface area (Å²) in [6, 6.07) is 7.88. The van der Waals surface area contributed by atoms with Crippen LogP contribution in [0.25, 0.3) is 0 Å². The summed E-state index contributed by atoms with van der Waals surface area (Å²) in [5.74, 6) is 1.22. The maximum Gasteiger partial charge on any atom is 0.233 e. The van der Waals surface area contributed by atoms with Gasteiger partial charge in [-0.1, -0.05) is 25.1 Å². The molecule has 0 radical (unpaired) electrons. The van der Waals surface area contributed by atoms with Crippen molar-refractivity contribution < 1.29 is 9.53 Å². The molecule has 2 N–H and O–H groups in total. The van der Waals surface area contributed by atoms with Crippen molar-refractivity contribution in [2.45, 2.75) is 18.9 Å². The van der Waals surface area contributed by atoms with Crippen molar-refractivity contribution in [1.82, 2.24) is 4.90 Å². The van der Waals surface area contributed by atoms with Crippen molar-refractivity contribution in [1.29, 1.82) is 0 Å². The first kappa shape index (κ1) is 11.5. The van der Waals surface area contributed by atoms with E-state index in [1.165, 1.54) is 0 Å². The summed E-state index contributed by atoms with van der Waals surface area (Å²) in [5.41, 5.74) is 6.98. The van der Waals surface area contributed by atoms with Gasteiger partial charge in [0, 0.05) is 24.7 Å². The second kappa shape index (κ2) is 4.28. The molecular weight excluding hydrogens is 228 g/mol. The Hall–Kier alpha value is -1.55. The molecule has 1 fully saturated rings. The lowest BCUT2D eigenvalue weighted by Crippen LogP contribution is -2.36. The first-order valence-corrected chi connectivity index (χ1v) is 6.43. The Kier molecular flexibility index (Phi) is 2.74. The lowest BCUT2D eigenvalue weighted by Gasteiger charge is -2.19. The van der Waals surface area contributed by atoms with Gasteiger partial charge in [0.2, 0.25) is 5.91 Å². The van der Waals surface area contributed by atoms with Crippen molar-refractivity contribution in [3.8, 4) is 5.75 Å². The van der Waals surface area contributed by atoms with Gasteiger partial charge in [-0.2, -0.15) is 0 Å². The highest BCUT2D eigenvalue weighted by atomic mass is 16.5. The number of hydrogen-bond donors (Lipinski definition) is 1. The third kappa shape index (κ3) is 1.77. The zero-order valence-electron chi connectivity index (χ0n) is 10.5. The van der Waals surface area contributed by atoms with Crippen LogP contribution in [-0.4, -0.2) is 36.5 Å². The largest absolute Gasteiger partial charge is 0.492 e. The van der Waals surface area contributed by atoms with Crippen LogP contribution in [0, 0.1) is 5.92 Å². The Morgan fingerprint density at radius 1 is 1.39 bits per heavy atom. The number of benzene rings is 1. The average Bonchev–Trinajstić information content (AvgIpc) is 2.93. The van der Waals surface area contributed by atoms with Gasteiger partial charge in [0.15, 0.2) is 0 Å². The summed E-state index contributed by atoms with van der Waals surface area (Å²) in [6.07, 6.45) is 0. The highest BCUT2D eigenvalue weighted by Crippen LogP contribution is 2.35. The summed E-state index contributed by atoms with van der Waals surface area (Å²) in [5, 5.41) is 0. The Balaban J connectivity index is 1.79. The molecule has 2 heterocycles. The van der Waals surface area contributed by atoms with Gasteiger partial charge in [0.25, 0.3) is 0 Å². The number of carbonyl (C=O) groups is 1. The molecule has 2 aliphatic heterocycles. The fourth-order valence-corrected chi connectivity index (χ4v) is 2.76. The Bertz CT molecular complexity index is 465. The summed E-state index contributed by atoms with van der Waals surface area (Å²) >= 11 is 0. The van der Waals surface area contributed by atoms with Crippen LogP contribution >= 0.6 is 0 Å². The fourth-order valence-electron chi connectivity index (χ4n) is 2.76. The van der Waals surface area contributed by atoms with Crippen molar-refractivity contribution in [2.24, 2.45) is 11.7 Å². The molecule has 4 nitrogen and oxygen atoms in total. The molecule has 1 saturated heterocycles. The maximum atomic E-state index is 12.5. The monoisotopic (exact) mass is 246 g/mol. The predicted octanol–water partition coefficient (Wildman–Crippen LogP) is 0.968. The molecule has 3 unspecified atom stereocenters. The van der Waals surface area contributed by atoms with E-state index < -0.39 is 0 Å². The van der Waals surface area contributed by atoms with E-state index in [4.69, 9.17) is 10.5 Å². The Morgan fingerprint density at radius 2 is 2.17 bits per heavy atom. The zero-order valence-corrected chi connectivity index (χ0v) is 10.5. The van der Waals surface area contributed by atoms with Crippen LogP contribution in [0.3, 0.4) is 0 Å². The number of fused-ring (bicyclic) bond motifs is 1. The molecule has 1 amide bonds. The summed E-state index contributed by atoms with van der Waals surface area (Å²) in [7, 11) is 0. The number of nitrogens with two attached hydrogens (primary N) is 1. The number of rotatable bonds is 1. The van der Waals surface area contributed by atoms with Gasteiger partial charge in [-0.15, -0.1) is 0 Å². The molecule has 0 bridgehead atoms. The SMILES string of the molecule is CC1CN(C(=O)C2COc3ccccc32)CC1N. The van der Waals surface area contributed by atoms with E-state index in [-0.39, 0.29) is 17.9 Å². The van der Waals surface area contributed by atoms with E-state index in [9.17, 15) is 4.79 Å². The van der Waals surface area contributed by atoms with Gasteiger partial charge in [-0.3, -0.25) is 4.79 Å². The molecule has 3 rings (SSSR count). The molecule has 1 aromatic carbocycles. The van der Waals surface area contributed by atoms with E-state index in [1.807, 2.05) is 29.2 Å². The second-order valence-corrected chi connectivity index (χ2v) is 5.29. The first-order valence-electron chi connectivity index (χ1n) is 6.43. The second-order valence-electron chi connectivity index (χ2n) is 5.29. The molecule has 0 aromatic heterocycles. The van der Waals surface area contributed by atoms with Crippen LogP contribution < -0.4 is 10.5 Å². The van der Waals surface area contributed by atoms with E-state index in [0.717, 1.165) is 17.9 Å². The molecule has 18 heavy (non-hydrogen) atoms. The van der Waals surface area contributed by atoms with E-state index >= 15 is 0 Å². The molecule has 3 atom stereocenters. The van der Waals surface area contributed by atoms with Crippen molar-refractivity contribution >= 4 is 5.91 Å². The van der Waals surface area contributed by atoms with Gasteiger partial charge in [-0.25, -0.2) is 0 Å². The molecule has 0 aliphatic carbocycles. The van der Waals surface area contributed by atoms with Crippen LogP contribution in [0.2, 0.25) is 0 Å². The standard InChI is InChI=1S/C14H18N2O2/c1-9-6-16(7-12(9)15)14(17)11-8-18-13-5-3-2-4-10(11)13/h2-5,9,11-12H,6-8,15H2,1H3. The molecule has 2 aliphatic rings. The average molecular weight is 246 g/mol. The van der Waals surface area contributed by atoms with Crippen molar-refractivity contribution in [3.05, 3.63) is 29.8 Å². The minimum absolute atomic E-state index is 0.103.